The van der Waals surface area contributed by atoms with Crippen LogP contribution in [0.15, 0.2) is 24.3 Å². The number of carbonyl (C=O) groups is 2. The van der Waals surface area contributed by atoms with E-state index in [0.717, 1.165) is 10.2 Å². The molecule has 1 fully saturated rings. The number of ether oxygens (including phenoxy) is 1. The number of rotatable bonds is 2. The molecule has 0 radical (unpaired) electrons. The van der Waals surface area contributed by atoms with Gasteiger partial charge in [0.1, 0.15) is 11.6 Å². The summed E-state index contributed by atoms with van der Waals surface area (Å²) in [4.78, 5) is 30.2. The number of anilines is 1. The van der Waals surface area contributed by atoms with Crippen molar-refractivity contribution in [2.75, 3.05) is 11.9 Å². The number of fused-ring (bicyclic) bond motifs is 1. The molecule has 1 unspecified atom stereocenters. The molecule has 1 saturated heterocycles. The highest BCUT2D eigenvalue weighted by atomic mass is 32.1. The number of nitrogens with one attached hydrogen (secondary N) is 1. The third kappa shape index (κ3) is 3.44. The first-order chi connectivity index (χ1) is 10.8. The van der Waals surface area contributed by atoms with Gasteiger partial charge in [0.2, 0.25) is 5.91 Å². The SMILES string of the molecule is CC(C)(C)OC(=O)N1CCC1C(=O)Nc1nc2ccccc2s1. The van der Waals surface area contributed by atoms with Gasteiger partial charge >= 0.3 is 6.09 Å². The van der Waals surface area contributed by atoms with Crippen LogP contribution in [0.2, 0.25) is 0 Å². The molecule has 2 aromatic rings. The number of nitrogens with zero attached hydrogens (tertiary/aromatic N) is 2. The standard InChI is InChI=1S/C16H19N3O3S/c1-16(2,3)22-15(21)19-9-8-11(19)13(20)18-14-17-10-6-4-5-7-12(10)23-14/h4-7,11H,8-9H2,1-3H3,(H,17,18,20). The molecule has 0 spiro atoms. The molecule has 23 heavy (non-hydrogen) atoms. The Balaban J connectivity index is 1.65. The van der Waals surface area contributed by atoms with Crippen LogP contribution in [-0.2, 0) is 9.53 Å². The van der Waals surface area contributed by atoms with Crippen molar-refractivity contribution in [1.82, 2.24) is 9.88 Å². The molecule has 2 amide bonds. The molecule has 0 bridgehead atoms. The molecule has 1 aromatic carbocycles. The van der Waals surface area contributed by atoms with Crippen LogP contribution in [0.3, 0.4) is 0 Å². The number of benzene rings is 1. The number of hydrogen-bond donors (Lipinski definition) is 1. The Morgan fingerprint density at radius 3 is 2.70 bits per heavy atom. The van der Waals surface area contributed by atoms with Crippen molar-refractivity contribution in [3.05, 3.63) is 24.3 Å². The molecule has 1 N–H and O–H groups in total. The summed E-state index contributed by atoms with van der Waals surface area (Å²) < 4.78 is 6.33. The highest BCUT2D eigenvalue weighted by Gasteiger charge is 2.40. The second-order valence-electron chi connectivity index (χ2n) is 6.45. The van der Waals surface area contributed by atoms with E-state index in [0.29, 0.717) is 18.1 Å². The van der Waals surface area contributed by atoms with Gasteiger partial charge in [-0.2, -0.15) is 0 Å². The van der Waals surface area contributed by atoms with Crippen LogP contribution >= 0.6 is 11.3 Å². The van der Waals surface area contributed by atoms with Crippen molar-refractivity contribution in [3.8, 4) is 0 Å². The fraction of sp³-hybridized carbons (Fsp3) is 0.438. The topological polar surface area (TPSA) is 71.5 Å². The summed E-state index contributed by atoms with van der Waals surface area (Å²) in [5, 5.41) is 3.35. The zero-order valence-corrected chi connectivity index (χ0v) is 14.1. The van der Waals surface area contributed by atoms with Crippen LogP contribution in [0.1, 0.15) is 27.2 Å². The van der Waals surface area contributed by atoms with Gasteiger partial charge in [-0.25, -0.2) is 9.78 Å². The number of amides is 2. The first-order valence-electron chi connectivity index (χ1n) is 7.49. The average molecular weight is 333 g/mol. The molecule has 3 rings (SSSR count). The maximum atomic E-state index is 12.4. The lowest BCUT2D eigenvalue weighted by Gasteiger charge is -2.39. The monoisotopic (exact) mass is 333 g/mol. The minimum atomic E-state index is -0.569. The molecule has 0 saturated carbocycles. The Morgan fingerprint density at radius 1 is 1.35 bits per heavy atom. The van der Waals surface area contributed by atoms with Crippen LogP contribution < -0.4 is 5.32 Å². The zero-order valence-electron chi connectivity index (χ0n) is 13.3. The molecule has 1 atom stereocenters. The molecular weight excluding hydrogens is 314 g/mol. The molecule has 1 aliphatic rings. The second-order valence-corrected chi connectivity index (χ2v) is 7.48. The van der Waals surface area contributed by atoms with Crippen molar-refractivity contribution in [2.24, 2.45) is 0 Å². The molecular formula is C16H19N3O3S. The van der Waals surface area contributed by atoms with Crippen molar-refractivity contribution >= 4 is 38.7 Å². The van der Waals surface area contributed by atoms with Gasteiger partial charge in [0.25, 0.3) is 0 Å². The Kier molecular flexibility index (Phi) is 3.97. The molecule has 7 heteroatoms. The van der Waals surface area contributed by atoms with Crippen molar-refractivity contribution in [2.45, 2.75) is 38.8 Å². The van der Waals surface area contributed by atoms with Crippen LogP contribution in [0, 0.1) is 0 Å². The number of thiazole rings is 1. The van der Waals surface area contributed by atoms with E-state index in [-0.39, 0.29) is 5.91 Å². The van der Waals surface area contributed by atoms with Gasteiger partial charge in [0, 0.05) is 6.54 Å². The predicted octanol–water partition coefficient (Wildman–Crippen LogP) is 3.24. The fourth-order valence-corrected chi connectivity index (χ4v) is 3.18. The summed E-state index contributed by atoms with van der Waals surface area (Å²) in [5.41, 5.74) is 0.284. The van der Waals surface area contributed by atoms with Crippen molar-refractivity contribution in [1.29, 1.82) is 0 Å². The zero-order chi connectivity index (χ0) is 16.6. The van der Waals surface area contributed by atoms with E-state index in [2.05, 4.69) is 10.3 Å². The minimum absolute atomic E-state index is 0.221. The van der Waals surface area contributed by atoms with Gasteiger partial charge in [-0.3, -0.25) is 9.69 Å². The van der Waals surface area contributed by atoms with Gasteiger partial charge in [-0.1, -0.05) is 23.5 Å². The highest BCUT2D eigenvalue weighted by molar-refractivity contribution is 7.22. The van der Waals surface area contributed by atoms with E-state index < -0.39 is 17.7 Å². The summed E-state index contributed by atoms with van der Waals surface area (Å²) >= 11 is 1.42. The number of hydrogen-bond acceptors (Lipinski definition) is 5. The molecule has 0 aliphatic carbocycles. The Morgan fingerprint density at radius 2 is 2.09 bits per heavy atom. The third-order valence-corrected chi connectivity index (χ3v) is 4.43. The number of aromatic nitrogens is 1. The predicted molar refractivity (Wildman–Crippen MR) is 89.6 cm³/mol. The summed E-state index contributed by atoms with van der Waals surface area (Å²) in [6.45, 7) is 5.95. The number of para-hydroxylation sites is 1. The summed E-state index contributed by atoms with van der Waals surface area (Å²) in [7, 11) is 0. The Labute approximate surface area is 138 Å². The molecule has 1 aromatic heterocycles. The summed E-state index contributed by atoms with van der Waals surface area (Å²) in [5.74, 6) is -0.221. The van der Waals surface area contributed by atoms with E-state index >= 15 is 0 Å². The average Bonchev–Trinajstić information content (AvgIpc) is 2.76. The lowest BCUT2D eigenvalue weighted by Crippen LogP contribution is -2.57. The van der Waals surface area contributed by atoms with E-state index in [1.165, 1.54) is 16.2 Å². The minimum Gasteiger partial charge on any atom is -0.444 e. The van der Waals surface area contributed by atoms with E-state index in [4.69, 9.17) is 4.74 Å². The molecule has 122 valence electrons. The summed E-state index contributed by atoms with van der Waals surface area (Å²) in [6, 6.07) is 7.21. The number of carbonyl (C=O) groups excluding carboxylic acids is 2. The largest absolute Gasteiger partial charge is 0.444 e. The number of likely N-dealkylation sites (tertiary alicyclic amines) is 1. The second kappa shape index (κ2) is 5.81. The normalized spacial score (nSPS) is 17.7. The highest BCUT2D eigenvalue weighted by Crippen LogP contribution is 2.27. The smallest absolute Gasteiger partial charge is 0.410 e. The van der Waals surface area contributed by atoms with Crippen LogP contribution in [-0.4, -0.2) is 40.1 Å². The fourth-order valence-electron chi connectivity index (χ4n) is 2.31. The van der Waals surface area contributed by atoms with Crippen LogP contribution in [0.5, 0.6) is 0 Å². The van der Waals surface area contributed by atoms with Gasteiger partial charge < -0.3 is 10.1 Å². The maximum Gasteiger partial charge on any atom is 0.410 e. The molecule has 1 aliphatic heterocycles. The maximum absolute atomic E-state index is 12.4. The van der Waals surface area contributed by atoms with E-state index in [9.17, 15) is 9.59 Å². The quantitative estimate of drug-likeness (QED) is 0.916. The van der Waals surface area contributed by atoms with E-state index in [1.54, 1.807) is 20.8 Å². The Hall–Kier alpha value is -2.15. The lowest BCUT2D eigenvalue weighted by molar-refractivity contribution is -0.125. The van der Waals surface area contributed by atoms with Gasteiger partial charge in [0.05, 0.1) is 10.2 Å². The summed E-state index contributed by atoms with van der Waals surface area (Å²) in [6.07, 6.45) is 0.184. The molecule has 6 nitrogen and oxygen atoms in total. The first kappa shape index (κ1) is 15.7. The van der Waals surface area contributed by atoms with E-state index in [1.807, 2.05) is 24.3 Å². The molecule has 2 heterocycles. The van der Waals surface area contributed by atoms with Gasteiger partial charge in [-0.15, -0.1) is 0 Å². The van der Waals surface area contributed by atoms with Crippen molar-refractivity contribution < 1.29 is 14.3 Å². The Bertz CT molecular complexity index is 717. The van der Waals surface area contributed by atoms with Gasteiger partial charge in [-0.05, 0) is 39.3 Å². The van der Waals surface area contributed by atoms with Gasteiger partial charge in [0.15, 0.2) is 5.13 Å². The van der Waals surface area contributed by atoms with Crippen LogP contribution in [0.25, 0.3) is 10.2 Å². The lowest BCUT2D eigenvalue weighted by atomic mass is 10.0. The third-order valence-electron chi connectivity index (χ3n) is 3.47. The van der Waals surface area contributed by atoms with Crippen LogP contribution in [0.4, 0.5) is 9.93 Å². The first-order valence-corrected chi connectivity index (χ1v) is 8.31. The van der Waals surface area contributed by atoms with Crippen molar-refractivity contribution in [3.63, 3.8) is 0 Å².